The van der Waals surface area contributed by atoms with E-state index in [-0.39, 0.29) is 35.8 Å². The van der Waals surface area contributed by atoms with Crippen LogP contribution >= 0.6 is 0 Å². The van der Waals surface area contributed by atoms with Gasteiger partial charge in [0.2, 0.25) is 11.8 Å². The van der Waals surface area contributed by atoms with Crippen molar-refractivity contribution >= 4 is 46.4 Å². The molecule has 9 rings (SSSR count). The Morgan fingerprint density at radius 1 is 0.691 bits per heavy atom. The summed E-state index contributed by atoms with van der Waals surface area (Å²) in [6.07, 6.45) is 2.58. The van der Waals surface area contributed by atoms with Crippen molar-refractivity contribution < 1.29 is 24.3 Å². The lowest BCUT2D eigenvalue weighted by Gasteiger charge is -2.50. The number of nitrogens with zero attached hydrogens (tertiary/aromatic N) is 2. The molecular weight excluding hydrogens is 689 g/mol. The number of carbonyl (C=O) groups is 4. The van der Waals surface area contributed by atoms with E-state index < -0.39 is 35.0 Å². The molecule has 1 saturated carbocycles. The van der Waals surface area contributed by atoms with Gasteiger partial charge in [-0.05, 0) is 104 Å². The van der Waals surface area contributed by atoms with Crippen molar-refractivity contribution in [2.45, 2.75) is 38.0 Å². The van der Waals surface area contributed by atoms with Crippen molar-refractivity contribution in [1.29, 1.82) is 0 Å². The van der Waals surface area contributed by atoms with Crippen molar-refractivity contribution in [2.75, 3.05) is 15.6 Å². The first-order valence-electron chi connectivity index (χ1n) is 18.7. The number of hydrogen-bond acceptors (Lipinski definition) is 7. The first-order valence-corrected chi connectivity index (χ1v) is 18.7. The third-order valence-corrected chi connectivity index (χ3v) is 12.1. The van der Waals surface area contributed by atoms with Crippen LogP contribution in [0, 0.1) is 37.5 Å². The van der Waals surface area contributed by atoms with E-state index in [1.165, 1.54) is 4.90 Å². The van der Waals surface area contributed by atoms with E-state index >= 15 is 4.79 Å². The van der Waals surface area contributed by atoms with E-state index in [2.05, 4.69) is 16.8 Å². The molecule has 4 aliphatic rings. The number of aryl methyl sites for hydroxylation is 2. The maximum absolute atomic E-state index is 15.3. The molecule has 6 atom stereocenters. The number of anilines is 4. The Bertz CT molecular complexity index is 2380. The molecule has 55 heavy (non-hydrogen) atoms. The van der Waals surface area contributed by atoms with Gasteiger partial charge in [-0.25, -0.2) is 0 Å². The van der Waals surface area contributed by atoms with Crippen molar-refractivity contribution in [2.24, 2.45) is 23.7 Å². The first kappa shape index (κ1) is 34.3. The average Bonchev–Trinajstić information content (AvgIpc) is 3.58. The number of carbonyl (C=O) groups excluding carboxylic acids is 4. The second-order valence-corrected chi connectivity index (χ2v) is 15.2. The third kappa shape index (κ3) is 5.36. The summed E-state index contributed by atoms with van der Waals surface area (Å²) in [5.74, 6) is -4.55. The molecule has 3 fully saturated rings. The van der Waals surface area contributed by atoms with Crippen molar-refractivity contribution in [3.8, 4) is 5.75 Å². The van der Waals surface area contributed by atoms with E-state index in [1.54, 1.807) is 18.2 Å². The topological polar surface area (TPSA) is 119 Å². The average molecular weight is 729 g/mol. The second-order valence-electron chi connectivity index (χ2n) is 15.2. The summed E-state index contributed by atoms with van der Waals surface area (Å²) in [4.78, 5) is 60.4. The molecule has 2 aliphatic carbocycles. The second kappa shape index (κ2) is 13.1. The van der Waals surface area contributed by atoms with Crippen LogP contribution in [0.3, 0.4) is 0 Å². The Morgan fingerprint density at radius 2 is 1.35 bits per heavy atom. The summed E-state index contributed by atoms with van der Waals surface area (Å²) in [5, 5.41) is 15.1. The number of amides is 4. The van der Waals surface area contributed by atoms with Gasteiger partial charge in [0.25, 0.3) is 11.8 Å². The molecule has 5 aromatic rings. The highest BCUT2D eigenvalue weighted by Gasteiger charge is 2.70. The predicted molar refractivity (Wildman–Crippen MR) is 210 cm³/mol. The normalized spacial score (nSPS) is 25.6. The van der Waals surface area contributed by atoms with Crippen LogP contribution in [0.25, 0.3) is 0 Å². The van der Waals surface area contributed by atoms with Crippen LogP contribution in [0.1, 0.15) is 41.0 Å². The first-order chi connectivity index (χ1) is 26.7. The van der Waals surface area contributed by atoms with Gasteiger partial charge in [-0.15, -0.1) is 0 Å². The molecule has 6 unspecified atom stereocenters. The molecule has 5 aromatic carbocycles. The van der Waals surface area contributed by atoms with Crippen LogP contribution in [-0.2, 0) is 24.6 Å². The highest BCUT2D eigenvalue weighted by atomic mass is 16.3. The smallest absolute Gasteiger partial charge is 0.260 e. The summed E-state index contributed by atoms with van der Waals surface area (Å²) in [6, 6.07) is 39.3. The number of phenols is 1. The molecule has 0 radical (unpaired) electrons. The molecule has 0 spiro atoms. The molecule has 2 aliphatic heterocycles. The van der Waals surface area contributed by atoms with Crippen molar-refractivity contribution in [1.82, 2.24) is 5.01 Å². The Hall–Kier alpha value is -6.48. The van der Waals surface area contributed by atoms with E-state index in [0.717, 1.165) is 33.1 Å². The predicted octanol–water partition coefficient (Wildman–Crippen LogP) is 7.94. The van der Waals surface area contributed by atoms with E-state index in [4.69, 9.17) is 0 Å². The maximum Gasteiger partial charge on any atom is 0.260 e. The minimum absolute atomic E-state index is 0.118. The van der Waals surface area contributed by atoms with Crippen LogP contribution < -0.4 is 15.6 Å². The van der Waals surface area contributed by atoms with Gasteiger partial charge >= 0.3 is 0 Å². The van der Waals surface area contributed by atoms with E-state index in [9.17, 15) is 19.5 Å². The molecule has 3 N–H and O–H groups in total. The Morgan fingerprint density at radius 3 is 2.04 bits per heavy atom. The number of phenolic OH excluding ortho intramolecular Hbond substituents is 1. The van der Waals surface area contributed by atoms with Crippen LogP contribution in [0.5, 0.6) is 5.75 Å². The van der Waals surface area contributed by atoms with Gasteiger partial charge in [-0.2, -0.15) is 5.01 Å². The molecule has 2 saturated heterocycles. The number of rotatable bonds is 7. The van der Waals surface area contributed by atoms with Crippen LogP contribution in [0.4, 0.5) is 22.7 Å². The molecule has 274 valence electrons. The van der Waals surface area contributed by atoms with Gasteiger partial charge in [0, 0.05) is 17.3 Å². The molecule has 9 nitrogen and oxygen atoms in total. The highest BCUT2D eigenvalue weighted by Crippen LogP contribution is 2.64. The fourth-order valence-electron chi connectivity index (χ4n) is 9.62. The largest absolute Gasteiger partial charge is 0.508 e. The summed E-state index contributed by atoms with van der Waals surface area (Å²) in [7, 11) is 0. The summed E-state index contributed by atoms with van der Waals surface area (Å²) < 4.78 is 0. The minimum Gasteiger partial charge on any atom is -0.508 e. The lowest BCUT2D eigenvalue weighted by Crippen LogP contribution is -2.53. The molecule has 9 heteroatoms. The zero-order valence-electron chi connectivity index (χ0n) is 30.5. The Balaban J connectivity index is 1.14. The van der Waals surface area contributed by atoms with Crippen molar-refractivity contribution in [3.63, 3.8) is 0 Å². The van der Waals surface area contributed by atoms with Gasteiger partial charge in [-0.1, -0.05) is 90.0 Å². The number of hydrazine groups is 1. The summed E-state index contributed by atoms with van der Waals surface area (Å²) in [5.41, 5.74) is 8.59. The van der Waals surface area contributed by atoms with Gasteiger partial charge in [0.05, 0.1) is 34.5 Å². The fourth-order valence-corrected chi connectivity index (χ4v) is 9.62. The van der Waals surface area contributed by atoms with Gasteiger partial charge in [0.15, 0.2) is 0 Å². The van der Waals surface area contributed by atoms with E-state index in [0.29, 0.717) is 28.9 Å². The van der Waals surface area contributed by atoms with Gasteiger partial charge < -0.3 is 10.4 Å². The number of fused-ring (bicyclic) bond motifs is 4. The SMILES string of the molecule is Cc1ccc(NN2C(=O)C3CC4C(=CCC5C(=O)N(c6ccc(Nc7ccccc7)cc6)C(=O)C54)C(c4ccc(O)c(C)c4)C3(c3ccccc3)C2=O)cc1. The number of benzene rings is 5. The molecule has 0 bridgehead atoms. The lowest BCUT2D eigenvalue weighted by atomic mass is 9.49. The molecule has 0 aromatic heterocycles. The number of allylic oxidation sites excluding steroid dienone is 2. The highest BCUT2D eigenvalue weighted by molar-refractivity contribution is 6.22. The lowest BCUT2D eigenvalue weighted by molar-refractivity contribution is -0.138. The Labute approximate surface area is 319 Å². The fraction of sp³-hybridized carbons (Fsp3) is 0.217. The Kier molecular flexibility index (Phi) is 8.18. The molecule has 2 heterocycles. The number of aromatic hydroxyl groups is 1. The number of hydrogen-bond donors (Lipinski definition) is 3. The maximum atomic E-state index is 15.3. The van der Waals surface area contributed by atoms with Crippen LogP contribution in [-0.4, -0.2) is 33.7 Å². The van der Waals surface area contributed by atoms with Gasteiger partial charge in [-0.3, -0.25) is 29.5 Å². The van der Waals surface area contributed by atoms with Gasteiger partial charge in [0.1, 0.15) is 5.75 Å². The number of para-hydroxylation sites is 1. The quantitative estimate of drug-likeness (QED) is 0.115. The monoisotopic (exact) mass is 728 g/mol. The summed E-state index contributed by atoms with van der Waals surface area (Å²) in [6.45, 7) is 3.78. The molecule has 4 amide bonds. The van der Waals surface area contributed by atoms with Crippen LogP contribution in [0.15, 0.2) is 139 Å². The number of nitrogens with one attached hydrogen (secondary N) is 2. The summed E-state index contributed by atoms with van der Waals surface area (Å²) >= 11 is 0. The zero-order valence-corrected chi connectivity index (χ0v) is 30.5. The minimum atomic E-state index is -1.37. The molecular formula is C46H40N4O5. The number of imide groups is 2. The van der Waals surface area contributed by atoms with Crippen LogP contribution in [0.2, 0.25) is 0 Å². The van der Waals surface area contributed by atoms with E-state index in [1.807, 2.05) is 123 Å². The zero-order chi connectivity index (χ0) is 38.0. The third-order valence-electron chi connectivity index (χ3n) is 12.1. The van der Waals surface area contributed by atoms with Crippen molar-refractivity contribution in [3.05, 3.63) is 161 Å². The standard InChI is InChI=1S/C46H40N4O5/c1-27-13-16-33(17-14-27)48-50-43(53)38-26-37-35(41(29-15-24-39(51)28(2)25-29)46(38,45(50)55)30-9-5-3-6-10-30)22-23-36-40(37)44(54)49(42(36)52)34-20-18-32(19-21-34)47-31-11-7-4-8-12-31/h3-22,24-25,36-38,40-41,47-48,51H,23,26H2,1-2H3.